The van der Waals surface area contributed by atoms with Crippen molar-refractivity contribution in [2.45, 2.75) is 96.7 Å². The molecule has 3 saturated carbocycles. The molecular weight excluding hydrogens is 408 g/mol. The molecular formula is C27H43F2NO2. The van der Waals surface area contributed by atoms with Gasteiger partial charge in [0.1, 0.15) is 0 Å². The van der Waals surface area contributed by atoms with Gasteiger partial charge in [0.15, 0.2) is 0 Å². The molecule has 0 spiro atoms. The first-order valence-corrected chi connectivity index (χ1v) is 13.0. The molecule has 4 rings (SSSR count). The Morgan fingerprint density at radius 3 is 2.59 bits per heavy atom. The molecule has 0 aromatic rings. The number of hydrogen-bond donors (Lipinski definition) is 2. The van der Waals surface area contributed by atoms with Gasteiger partial charge >= 0.3 is 0 Å². The van der Waals surface area contributed by atoms with Crippen molar-refractivity contribution in [3.05, 3.63) is 23.3 Å². The first-order valence-electron chi connectivity index (χ1n) is 13.0. The summed E-state index contributed by atoms with van der Waals surface area (Å²) in [6.45, 7) is 7.77. The number of aliphatic hydroxyl groups excluding tert-OH is 2. The van der Waals surface area contributed by atoms with Gasteiger partial charge in [0.05, 0.1) is 12.2 Å². The zero-order valence-electron chi connectivity index (χ0n) is 20.0. The molecule has 1 saturated heterocycles. The average molecular weight is 452 g/mol. The second kappa shape index (κ2) is 10.2. The second-order valence-corrected chi connectivity index (χ2v) is 11.6. The van der Waals surface area contributed by atoms with E-state index in [1.807, 2.05) is 0 Å². The molecule has 182 valence electrons. The second-order valence-electron chi connectivity index (χ2n) is 11.6. The van der Waals surface area contributed by atoms with Gasteiger partial charge in [-0.25, -0.2) is 8.78 Å². The topological polar surface area (TPSA) is 43.7 Å². The van der Waals surface area contributed by atoms with E-state index >= 15 is 0 Å². The number of hydrogen-bond acceptors (Lipinski definition) is 3. The van der Waals surface area contributed by atoms with E-state index in [4.69, 9.17) is 0 Å². The van der Waals surface area contributed by atoms with Gasteiger partial charge in [-0.3, -0.25) is 0 Å². The fraction of sp³-hybridized carbons (Fsp3) is 0.852. The highest BCUT2D eigenvalue weighted by atomic mass is 19.3. The van der Waals surface area contributed by atoms with Crippen LogP contribution >= 0.6 is 0 Å². The summed E-state index contributed by atoms with van der Waals surface area (Å²) in [6.07, 6.45) is 10.6. The van der Waals surface area contributed by atoms with Crippen molar-refractivity contribution in [2.24, 2.45) is 29.1 Å². The molecule has 1 heterocycles. The van der Waals surface area contributed by atoms with Gasteiger partial charge in [0.25, 0.3) is 0 Å². The minimum atomic E-state index is -2.17. The van der Waals surface area contributed by atoms with Gasteiger partial charge in [0, 0.05) is 19.5 Å². The molecule has 0 bridgehead atoms. The van der Waals surface area contributed by atoms with Crippen LogP contribution in [-0.2, 0) is 0 Å². The van der Waals surface area contributed by atoms with Gasteiger partial charge in [-0.15, -0.1) is 0 Å². The molecule has 0 amide bonds. The van der Waals surface area contributed by atoms with Crippen LogP contribution in [0.15, 0.2) is 23.3 Å². The summed E-state index contributed by atoms with van der Waals surface area (Å²) in [4.78, 5) is 2.44. The number of likely N-dealkylation sites (tertiary alicyclic amines) is 1. The summed E-state index contributed by atoms with van der Waals surface area (Å²) in [5.74, 6) is 2.08. The molecule has 3 nitrogen and oxygen atoms in total. The predicted octanol–water partition coefficient (Wildman–Crippen LogP) is 5.57. The molecule has 7 atom stereocenters. The minimum absolute atomic E-state index is 0.0613. The largest absolute Gasteiger partial charge is 0.393 e. The van der Waals surface area contributed by atoms with Gasteiger partial charge in [0.2, 0.25) is 6.43 Å². The maximum atomic E-state index is 12.8. The molecule has 0 aromatic heterocycles. The van der Waals surface area contributed by atoms with Gasteiger partial charge in [-0.1, -0.05) is 37.1 Å². The Labute approximate surface area is 193 Å². The Morgan fingerprint density at radius 2 is 1.88 bits per heavy atom. The Hall–Kier alpha value is -0.780. The van der Waals surface area contributed by atoms with Gasteiger partial charge < -0.3 is 15.1 Å². The number of aliphatic hydroxyl groups is 2. The van der Waals surface area contributed by atoms with Crippen molar-refractivity contribution in [2.75, 3.05) is 19.6 Å². The minimum Gasteiger partial charge on any atom is -0.393 e. The summed E-state index contributed by atoms with van der Waals surface area (Å²) in [6, 6.07) is 0. The van der Waals surface area contributed by atoms with E-state index in [1.54, 1.807) is 5.57 Å². The molecule has 1 unspecified atom stereocenters. The summed E-state index contributed by atoms with van der Waals surface area (Å²) in [5.41, 5.74) is 3.07. The van der Waals surface area contributed by atoms with Crippen molar-refractivity contribution in [3.8, 4) is 0 Å². The number of rotatable bonds is 6. The molecule has 0 aromatic carbocycles. The van der Waals surface area contributed by atoms with E-state index in [2.05, 4.69) is 30.9 Å². The number of allylic oxidation sites excluding steroid dienone is 3. The highest BCUT2D eigenvalue weighted by Crippen LogP contribution is 2.59. The zero-order chi connectivity index (χ0) is 22.9. The molecule has 3 aliphatic carbocycles. The van der Waals surface area contributed by atoms with E-state index in [-0.39, 0.29) is 12.3 Å². The Kier molecular flexibility index (Phi) is 7.78. The van der Waals surface area contributed by atoms with Crippen LogP contribution in [0.3, 0.4) is 0 Å². The Bertz CT molecular complexity index is 696. The molecule has 4 aliphatic rings. The van der Waals surface area contributed by atoms with Crippen molar-refractivity contribution < 1.29 is 19.0 Å². The van der Waals surface area contributed by atoms with Crippen LogP contribution < -0.4 is 0 Å². The number of halogens is 2. The first-order chi connectivity index (χ1) is 15.2. The Morgan fingerprint density at radius 1 is 1.12 bits per heavy atom. The lowest BCUT2D eigenvalue weighted by atomic mass is 9.61. The third-order valence-electron chi connectivity index (χ3n) is 9.23. The maximum Gasteiger partial charge on any atom is 0.238 e. The van der Waals surface area contributed by atoms with Crippen molar-refractivity contribution in [3.63, 3.8) is 0 Å². The van der Waals surface area contributed by atoms with E-state index in [9.17, 15) is 19.0 Å². The fourth-order valence-electron chi connectivity index (χ4n) is 7.80. The number of nitrogens with zero attached hydrogens (tertiary/aromatic N) is 1. The zero-order valence-corrected chi connectivity index (χ0v) is 20.0. The molecule has 1 aliphatic heterocycles. The highest BCUT2D eigenvalue weighted by Gasteiger charge is 2.50. The fourth-order valence-corrected chi connectivity index (χ4v) is 7.80. The standard InChI is InChI=1S/C27H43F2NO2/c1-18(16-30-11-9-20(17-30)14-26(28)29)24-7-8-25-21(4-3-10-27(24,25)2)6-5-19-12-22(31)15-23(32)13-19/h5-6,18,20,22-26,31-32H,3-4,7-17H2,1-2H3/b19-5?,21-6+/t18?,20-,22-,23+,24+,25-,27+/m0/s1. The normalized spacial score (nSPS) is 42.2. The van der Waals surface area contributed by atoms with Crippen molar-refractivity contribution in [1.82, 2.24) is 4.90 Å². The summed E-state index contributed by atoms with van der Waals surface area (Å²) in [7, 11) is 0. The lowest BCUT2D eigenvalue weighted by molar-refractivity contribution is 0.0609. The van der Waals surface area contributed by atoms with Crippen molar-refractivity contribution >= 4 is 0 Å². The van der Waals surface area contributed by atoms with Crippen LogP contribution in [0, 0.1) is 29.1 Å². The van der Waals surface area contributed by atoms with Crippen LogP contribution in [0.2, 0.25) is 0 Å². The van der Waals surface area contributed by atoms with Crippen LogP contribution in [0.1, 0.15) is 78.1 Å². The lowest BCUT2D eigenvalue weighted by Crippen LogP contribution is -2.39. The molecule has 4 fully saturated rings. The summed E-state index contributed by atoms with van der Waals surface area (Å²) >= 11 is 0. The van der Waals surface area contributed by atoms with Crippen LogP contribution in [0.4, 0.5) is 8.78 Å². The molecule has 5 heteroatoms. The smallest absolute Gasteiger partial charge is 0.238 e. The van der Waals surface area contributed by atoms with E-state index < -0.39 is 18.6 Å². The van der Waals surface area contributed by atoms with Gasteiger partial charge in [-0.2, -0.15) is 0 Å². The van der Waals surface area contributed by atoms with E-state index in [1.165, 1.54) is 31.3 Å². The number of fused-ring (bicyclic) bond motifs is 1. The maximum absolute atomic E-state index is 12.8. The third kappa shape index (κ3) is 5.47. The molecule has 32 heavy (non-hydrogen) atoms. The first kappa shape index (κ1) is 24.3. The average Bonchev–Trinajstić information content (AvgIpc) is 3.28. The van der Waals surface area contributed by atoms with E-state index in [0.717, 1.165) is 32.5 Å². The van der Waals surface area contributed by atoms with Crippen LogP contribution in [0.25, 0.3) is 0 Å². The predicted molar refractivity (Wildman–Crippen MR) is 125 cm³/mol. The highest BCUT2D eigenvalue weighted by molar-refractivity contribution is 5.26. The number of alkyl halides is 2. The monoisotopic (exact) mass is 451 g/mol. The SMILES string of the molecule is CC(CN1CC[C@@H](CC(F)F)C1)[C@H]1CC[C@H]2/C(=C/C=C3C[C@@H](O)C[C@@H](O)C3)CCC[C@]12C. The quantitative estimate of drug-likeness (QED) is 0.554. The lowest BCUT2D eigenvalue weighted by Gasteiger charge is -2.45. The van der Waals surface area contributed by atoms with Crippen LogP contribution in [0.5, 0.6) is 0 Å². The Balaban J connectivity index is 1.39. The summed E-state index contributed by atoms with van der Waals surface area (Å²) < 4.78 is 25.5. The van der Waals surface area contributed by atoms with Crippen molar-refractivity contribution in [1.29, 1.82) is 0 Å². The third-order valence-corrected chi connectivity index (χ3v) is 9.23. The van der Waals surface area contributed by atoms with E-state index in [0.29, 0.717) is 42.4 Å². The van der Waals surface area contributed by atoms with Gasteiger partial charge in [-0.05, 0) is 93.4 Å². The molecule has 2 N–H and O–H groups in total. The summed E-state index contributed by atoms with van der Waals surface area (Å²) in [5, 5.41) is 20.0. The molecule has 0 radical (unpaired) electrons. The van der Waals surface area contributed by atoms with Crippen LogP contribution in [-0.4, -0.2) is 53.4 Å².